The smallest absolute Gasteiger partial charge is 0.00261 e. The van der Waals surface area contributed by atoms with Gasteiger partial charge in [0.25, 0.3) is 0 Å². The van der Waals surface area contributed by atoms with Gasteiger partial charge in [0.2, 0.25) is 0 Å². The molecule has 9 aromatic rings. The Kier molecular flexibility index (Phi) is 8.33. The summed E-state index contributed by atoms with van der Waals surface area (Å²) in [5.41, 5.74) is 14.6. The molecular weight excluding hydrogens is 625 g/mol. The average molecular weight is 661 g/mol. The van der Waals surface area contributed by atoms with E-state index in [4.69, 9.17) is 0 Å². The summed E-state index contributed by atoms with van der Waals surface area (Å²) in [6.07, 6.45) is 2.30. The van der Waals surface area contributed by atoms with Crippen molar-refractivity contribution in [2.45, 2.75) is 0 Å². The quantitative estimate of drug-likeness (QED) is 0.118. The van der Waals surface area contributed by atoms with Crippen LogP contribution < -0.4 is 0 Å². The lowest BCUT2D eigenvalue weighted by atomic mass is 9.84. The fourth-order valence-corrected chi connectivity index (χ4v) is 7.66. The molecule has 0 aliphatic heterocycles. The highest BCUT2D eigenvalue weighted by molar-refractivity contribution is 6.21. The molecule has 0 saturated carbocycles. The maximum absolute atomic E-state index is 2.39. The second kappa shape index (κ2) is 13.9. The molecule has 0 N–H and O–H groups in total. The van der Waals surface area contributed by atoms with Gasteiger partial charge in [0.05, 0.1) is 0 Å². The fourth-order valence-electron chi connectivity index (χ4n) is 7.66. The van der Waals surface area contributed by atoms with Gasteiger partial charge < -0.3 is 0 Å². The predicted molar refractivity (Wildman–Crippen MR) is 223 cm³/mol. The molecule has 0 heterocycles. The van der Waals surface area contributed by atoms with E-state index >= 15 is 0 Å². The molecule has 0 unspecified atom stereocenters. The molecule has 0 saturated heterocycles. The lowest BCUT2D eigenvalue weighted by Crippen LogP contribution is -1.92. The minimum atomic E-state index is 1.17. The number of hydrogen-bond donors (Lipinski definition) is 0. The molecule has 0 amide bonds. The molecule has 0 bridgehead atoms. The van der Waals surface area contributed by atoms with Gasteiger partial charge in [-0.2, -0.15) is 0 Å². The number of hydrogen-bond acceptors (Lipinski definition) is 0. The van der Waals surface area contributed by atoms with Gasteiger partial charge in [0, 0.05) is 0 Å². The molecule has 244 valence electrons. The van der Waals surface area contributed by atoms with E-state index in [0.29, 0.717) is 0 Å². The Bertz CT molecular complexity index is 2570. The normalized spacial score (nSPS) is 11.1. The average Bonchev–Trinajstić information content (AvgIpc) is 3.23. The molecule has 52 heavy (non-hydrogen) atoms. The zero-order chi connectivity index (χ0) is 34.7. The van der Waals surface area contributed by atoms with Crippen LogP contribution in [-0.2, 0) is 0 Å². The molecular formula is C52H36. The minimum absolute atomic E-state index is 1.17. The third-order valence-electron chi connectivity index (χ3n) is 10.1. The van der Waals surface area contributed by atoms with Crippen molar-refractivity contribution in [2.75, 3.05) is 0 Å². The van der Waals surface area contributed by atoms with E-state index in [2.05, 4.69) is 218 Å². The van der Waals surface area contributed by atoms with Gasteiger partial charge in [0.1, 0.15) is 0 Å². The molecule has 0 radical (unpaired) electrons. The standard InChI is InChI=1S/C52H36/c1-5-17-38(18-6-1)44-34-33-43(36-50(44)41-23-11-4-12-24-41)52-47-27-15-13-25-45(47)51(46-26-14-16-28-48(46)52)42-31-29-37(30-32-42)35-49(39-19-7-2-8-20-39)40-21-9-3-10-22-40/h1-36H. The zero-order valence-corrected chi connectivity index (χ0v) is 28.8. The molecule has 0 aliphatic carbocycles. The Hall–Kier alpha value is -6.76. The first kappa shape index (κ1) is 31.2. The van der Waals surface area contributed by atoms with Crippen LogP contribution >= 0.6 is 0 Å². The minimum Gasteiger partial charge on any atom is -0.0622 e. The van der Waals surface area contributed by atoms with Crippen molar-refractivity contribution in [3.05, 3.63) is 229 Å². The molecule has 0 nitrogen and oxygen atoms in total. The van der Waals surface area contributed by atoms with E-state index < -0.39 is 0 Å². The van der Waals surface area contributed by atoms with Crippen LogP contribution in [0.15, 0.2) is 212 Å². The van der Waals surface area contributed by atoms with E-state index in [0.717, 1.165) is 0 Å². The Morgan fingerprint density at radius 1 is 0.288 bits per heavy atom. The number of fused-ring (bicyclic) bond motifs is 2. The van der Waals surface area contributed by atoms with Crippen LogP contribution in [-0.4, -0.2) is 0 Å². The van der Waals surface area contributed by atoms with Crippen LogP contribution in [0.2, 0.25) is 0 Å². The first-order valence-electron chi connectivity index (χ1n) is 17.9. The van der Waals surface area contributed by atoms with Crippen molar-refractivity contribution >= 4 is 33.2 Å². The highest BCUT2D eigenvalue weighted by atomic mass is 14.2. The second-order valence-electron chi connectivity index (χ2n) is 13.2. The summed E-state index contributed by atoms with van der Waals surface area (Å²) in [6.45, 7) is 0. The van der Waals surface area contributed by atoms with E-state index in [1.165, 1.54) is 88.3 Å². The number of benzene rings is 9. The molecule has 0 aliphatic rings. The first-order valence-corrected chi connectivity index (χ1v) is 17.9. The lowest BCUT2D eigenvalue weighted by Gasteiger charge is -2.19. The van der Waals surface area contributed by atoms with Gasteiger partial charge >= 0.3 is 0 Å². The molecule has 0 spiro atoms. The largest absolute Gasteiger partial charge is 0.0622 e. The SMILES string of the molecule is C(=C(c1ccccc1)c1ccccc1)c1ccc(-c2c3ccccc3c(-c3ccc(-c4ccccc4)c(-c4ccccc4)c3)c3ccccc23)cc1. The summed E-state index contributed by atoms with van der Waals surface area (Å²) in [5, 5.41) is 5.01. The Balaban J connectivity index is 1.21. The van der Waals surface area contributed by atoms with Gasteiger partial charge in [-0.05, 0) is 100 Å². The molecule has 0 fully saturated rings. The third kappa shape index (κ3) is 5.91. The molecule has 9 aromatic carbocycles. The van der Waals surface area contributed by atoms with E-state index in [1.807, 2.05) is 0 Å². The van der Waals surface area contributed by atoms with Crippen molar-refractivity contribution in [3.8, 4) is 44.5 Å². The Morgan fingerprint density at radius 3 is 1.15 bits per heavy atom. The monoisotopic (exact) mass is 660 g/mol. The van der Waals surface area contributed by atoms with Crippen molar-refractivity contribution in [1.29, 1.82) is 0 Å². The Labute approximate surface area is 305 Å². The van der Waals surface area contributed by atoms with Gasteiger partial charge in [-0.3, -0.25) is 0 Å². The van der Waals surface area contributed by atoms with Crippen LogP contribution in [0.4, 0.5) is 0 Å². The molecule has 0 aromatic heterocycles. The van der Waals surface area contributed by atoms with Crippen molar-refractivity contribution in [3.63, 3.8) is 0 Å². The first-order chi connectivity index (χ1) is 25.8. The van der Waals surface area contributed by atoms with Crippen molar-refractivity contribution in [2.24, 2.45) is 0 Å². The number of rotatable bonds is 7. The highest BCUT2D eigenvalue weighted by Crippen LogP contribution is 2.45. The van der Waals surface area contributed by atoms with Crippen LogP contribution in [0.1, 0.15) is 16.7 Å². The van der Waals surface area contributed by atoms with Crippen LogP contribution in [0.3, 0.4) is 0 Å². The maximum atomic E-state index is 2.39. The van der Waals surface area contributed by atoms with Gasteiger partial charge in [-0.1, -0.05) is 206 Å². The van der Waals surface area contributed by atoms with Crippen molar-refractivity contribution in [1.82, 2.24) is 0 Å². The van der Waals surface area contributed by atoms with Gasteiger partial charge in [0.15, 0.2) is 0 Å². The van der Waals surface area contributed by atoms with E-state index in [9.17, 15) is 0 Å². The highest BCUT2D eigenvalue weighted by Gasteiger charge is 2.18. The van der Waals surface area contributed by atoms with Crippen molar-refractivity contribution < 1.29 is 0 Å². The molecule has 0 heteroatoms. The molecule has 9 rings (SSSR count). The van der Waals surface area contributed by atoms with E-state index in [1.54, 1.807) is 0 Å². The van der Waals surface area contributed by atoms with Crippen LogP contribution in [0.5, 0.6) is 0 Å². The summed E-state index contributed by atoms with van der Waals surface area (Å²) in [6, 6.07) is 76.7. The van der Waals surface area contributed by atoms with Gasteiger partial charge in [-0.15, -0.1) is 0 Å². The lowest BCUT2D eigenvalue weighted by molar-refractivity contribution is 1.55. The predicted octanol–water partition coefficient (Wildman–Crippen LogP) is 14.2. The zero-order valence-electron chi connectivity index (χ0n) is 28.8. The molecule has 0 atom stereocenters. The summed E-state index contributed by atoms with van der Waals surface area (Å²) >= 11 is 0. The summed E-state index contributed by atoms with van der Waals surface area (Å²) < 4.78 is 0. The summed E-state index contributed by atoms with van der Waals surface area (Å²) in [5.74, 6) is 0. The summed E-state index contributed by atoms with van der Waals surface area (Å²) in [7, 11) is 0. The van der Waals surface area contributed by atoms with Gasteiger partial charge in [-0.25, -0.2) is 0 Å². The summed E-state index contributed by atoms with van der Waals surface area (Å²) in [4.78, 5) is 0. The fraction of sp³-hybridized carbons (Fsp3) is 0. The van der Waals surface area contributed by atoms with E-state index in [-0.39, 0.29) is 0 Å². The Morgan fingerprint density at radius 2 is 0.673 bits per heavy atom. The van der Waals surface area contributed by atoms with Crippen LogP contribution in [0.25, 0.3) is 77.7 Å². The topological polar surface area (TPSA) is 0 Å². The third-order valence-corrected chi connectivity index (χ3v) is 10.1. The maximum Gasteiger partial charge on any atom is -0.00261 e. The second-order valence-corrected chi connectivity index (χ2v) is 13.2. The van der Waals surface area contributed by atoms with Crippen LogP contribution in [0, 0.1) is 0 Å².